The van der Waals surface area contributed by atoms with Crippen molar-refractivity contribution in [2.75, 3.05) is 6.61 Å². The van der Waals surface area contributed by atoms with Crippen LogP contribution in [0, 0.1) is 5.92 Å². The topological polar surface area (TPSA) is 51.5 Å². The minimum Gasteiger partial charge on any atom is -0.468 e. The van der Waals surface area contributed by atoms with E-state index in [9.17, 15) is 4.79 Å². The lowest BCUT2D eigenvalue weighted by Crippen LogP contribution is -2.38. The van der Waals surface area contributed by atoms with E-state index in [1.54, 1.807) is 6.26 Å². The Morgan fingerprint density at radius 2 is 2.42 bits per heavy atom. The molecule has 1 N–H and O–H groups in total. The molecule has 2 rings (SSSR count). The lowest BCUT2D eigenvalue weighted by atomic mass is 9.85. The van der Waals surface area contributed by atoms with Gasteiger partial charge >= 0.3 is 5.97 Å². The van der Waals surface area contributed by atoms with Crippen LogP contribution in [0.4, 0.5) is 0 Å². The molecule has 4 nitrogen and oxygen atoms in total. The first-order valence-corrected chi connectivity index (χ1v) is 7.16. The molecular formula is C15H23NO3. The Morgan fingerprint density at radius 3 is 3.11 bits per heavy atom. The van der Waals surface area contributed by atoms with E-state index in [-0.39, 0.29) is 17.9 Å². The normalized spacial score (nSPS) is 24.9. The highest BCUT2D eigenvalue weighted by molar-refractivity contribution is 5.72. The number of rotatable bonds is 5. The van der Waals surface area contributed by atoms with Crippen molar-refractivity contribution in [3.63, 3.8) is 0 Å². The molecule has 0 amide bonds. The summed E-state index contributed by atoms with van der Waals surface area (Å²) in [7, 11) is 0. The highest BCUT2D eigenvalue weighted by Crippen LogP contribution is 2.27. The third kappa shape index (κ3) is 3.83. The molecule has 0 aromatic carbocycles. The van der Waals surface area contributed by atoms with Crippen molar-refractivity contribution in [2.45, 2.75) is 51.6 Å². The van der Waals surface area contributed by atoms with Gasteiger partial charge < -0.3 is 14.5 Å². The third-order valence-electron chi connectivity index (χ3n) is 3.75. The number of carbonyl (C=O) groups is 1. The summed E-state index contributed by atoms with van der Waals surface area (Å²) in [5.74, 6) is 0.952. The molecule has 0 radical (unpaired) electrons. The summed E-state index contributed by atoms with van der Waals surface area (Å²) in [4.78, 5) is 11.8. The highest BCUT2D eigenvalue weighted by atomic mass is 16.5. The summed E-state index contributed by atoms with van der Waals surface area (Å²) < 4.78 is 10.5. The molecule has 4 heteroatoms. The second kappa shape index (κ2) is 6.75. The maximum atomic E-state index is 11.8. The number of hydrogen-bond donors (Lipinski definition) is 1. The highest BCUT2D eigenvalue weighted by Gasteiger charge is 2.29. The molecule has 0 aliphatic heterocycles. The number of furan rings is 1. The minimum atomic E-state index is -0.0420. The molecule has 1 heterocycles. The van der Waals surface area contributed by atoms with Crippen LogP contribution in [-0.4, -0.2) is 18.6 Å². The van der Waals surface area contributed by atoms with Crippen LogP contribution in [0.5, 0.6) is 0 Å². The maximum Gasteiger partial charge on any atom is 0.308 e. The predicted molar refractivity (Wildman–Crippen MR) is 72.6 cm³/mol. The lowest BCUT2D eigenvalue weighted by molar-refractivity contribution is -0.149. The van der Waals surface area contributed by atoms with E-state index in [0.29, 0.717) is 12.6 Å². The molecule has 0 bridgehead atoms. The fourth-order valence-corrected chi connectivity index (χ4v) is 2.79. The summed E-state index contributed by atoms with van der Waals surface area (Å²) in [5.41, 5.74) is 0. The first-order valence-electron chi connectivity index (χ1n) is 7.16. The van der Waals surface area contributed by atoms with Gasteiger partial charge in [-0.05, 0) is 45.2 Å². The molecular weight excluding hydrogens is 242 g/mol. The minimum absolute atomic E-state index is 0.0420. The average Bonchev–Trinajstić information content (AvgIpc) is 2.93. The van der Waals surface area contributed by atoms with Crippen LogP contribution >= 0.6 is 0 Å². The van der Waals surface area contributed by atoms with Crippen molar-refractivity contribution >= 4 is 5.97 Å². The van der Waals surface area contributed by atoms with Crippen molar-refractivity contribution in [1.29, 1.82) is 0 Å². The van der Waals surface area contributed by atoms with Crippen molar-refractivity contribution < 1.29 is 13.9 Å². The van der Waals surface area contributed by atoms with E-state index < -0.39 is 0 Å². The Balaban J connectivity index is 1.85. The number of nitrogens with one attached hydrogen (secondary N) is 1. The Labute approximate surface area is 114 Å². The zero-order valence-corrected chi connectivity index (χ0v) is 11.7. The van der Waals surface area contributed by atoms with Crippen molar-refractivity contribution in [2.24, 2.45) is 5.92 Å². The van der Waals surface area contributed by atoms with Crippen LogP contribution in [0.3, 0.4) is 0 Å². The van der Waals surface area contributed by atoms with Gasteiger partial charge in [-0.3, -0.25) is 4.79 Å². The van der Waals surface area contributed by atoms with Gasteiger partial charge in [-0.15, -0.1) is 0 Å². The van der Waals surface area contributed by atoms with Crippen molar-refractivity contribution in [3.05, 3.63) is 24.2 Å². The number of carbonyl (C=O) groups excluding carboxylic acids is 1. The van der Waals surface area contributed by atoms with E-state index >= 15 is 0 Å². The predicted octanol–water partition coefficient (Wildman–Crippen LogP) is 3.05. The standard InChI is InChI=1S/C15H23NO3/c1-3-18-15(17)12-6-4-7-13(10-12)16-11(2)14-8-5-9-19-14/h5,8-9,11-13,16H,3-4,6-7,10H2,1-2H3/t11-,12?,13?/m0/s1. The summed E-state index contributed by atoms with van der Waals surface area (Å²) >= 11 is 0. The Kier molecular flexibility index (Phi) is 5.02. The largest absolute Gasteiger partial charge is 0.468 e. The van der Waals surface area contributed by atoms with Gasteiger partial charge in [-0.1, -0.05) is 6.42 Å². The Morgan fingerprint density at radius 1 is 1.58 bits per heavy atom. The molecule has 1 aliphatic rings. The van der Waals surface area contributed by atoms with Crippen LogP contribution in [-0.2, 0) is 9.53 Å². The van der Waals surface area contributed by atoms with E-state index in [0.717, 1.165) is 31.4 Å². The van der Waals surface area contributed by atoms with Crippen LogP contribution in [0.25, 0.3) is 0 Å². The number of ether oxygens (including phenoxy) is 1. The monoisotopic (exact) mass is 265 g/mol. The zero-order chi connectivity index (χ0) is 13.7. The fraction of sp³-hybridized carbons (Fsp3) is 0.667. The van der Waals surface area contributed by atoms with Crippen molar-refractivity contribution in [3.8, 4) is 0 Å². The summed E-state index contributed by atoms with van der Waals surface area (Å²) in [6, 6.07) is 4.42. The molecule has 106 valence electrons. The molecule has 2 unspecified atom stereocenters. The molecule has 0 saturated heterocycles. The van der Waals surface area contributed by atoms with Gasteiger partial charge in [-0.2, -0.15) is 0 Å². The number of esters is 1. The lowest BCUT2D eigenvalue weighted by Gasteiger charge is -2.30. The second-order valence-corrected chi connectivity index (χ2v) is 5.22. The second-order valence-electron chi connectivity index (χ2n) is 5.22. The molecule has 3 atom stereocenters. The fourth-order valence-electron chi connectivity index (χ4n) is 2.79. The quantitative estimate of drug-likeness (QED) is 0.831. The molecule has 19 heavy (non-hydrogen) atoms. The van der Waals surface area contributed by atoms with Gasteiger partial charge in [0.2, 0.25) is 0 Å². The molecule has 1 aromatic heterocycles. The Bertz CT molecular complexity index is 388. The maximum absolute atomic E-state index is 11.8. The zero-order valence-electron chi connectivity index (χ0n) is 11.7. The molecule has 1 saturated carbocycles. The van der Waals surface area contributed by atoms with Crippen LogP contribution in [0.15, 0.2) is 22.8 Å². The molecule has 1 aliphatic carbocycles. The molecule has 1 fully saturated rings. The van der Waals surface area contributed by atoms with Gasteiger partial charge in [0.1, 0.15) is 5.76 Å². The van der Waals surface area contributed by atoms with Gasteiger partial charge in [0, 0.05) is 6.04 Å². The van der Waals surface area contributed by atoms with Crippen molar-refractivity contribution in [1.82, 2.24) is 5.32 Å². The SMILES string of the molecule is CCOC(=O)C1CCCC(N[C@@H](C)c2ccco2)C1. The summed E-state index contributed by atoms with van der Waals surface area (Å²) in [6.45, 7) is 4.42. The summed E-state index contributed by atoms with van der Waals surface area (Å²) in [6.07, 6.45) is 5.69. The first kappa shape index (κ1) is 14.1. The van der Waals surface area contributed by atoms with Crippen LogP contribution in [0.2, 0.25) is 0 Å². The van der Waals surface area contributed by atoms with Crippen LogP contribution in [0.1, 0.15) is 51.3 Å². The van der Waals surface area contributed by atoms with Gasteiger partial charge in [-0.25, -0.2) is 0 Å². The average molecular weight is 265 g/mol. The molecule has 0 spiro atoms. The Hall–Kier alpha value is -1.29. The van der Waals surface area contributed by atoms with Crippen LogP contribution < -0.4 is 5.32 Å². The molecule has 1 aromatic rings. The van der Waals surface area contributed by atoms with E-state index in [1.807, 2.05) is 19.1 Å². The van der Waals surface area contributed by atoms with E-state index in [2.05, 4.69) is 12.2 Å². The van der Waals surface area contributed by atoms with Gasteiger partial charge in [0.15, 0.2) is 0 Å². The smallest absolute Gasteiger partial charge is 0.308 e. The summed E-state index contributed by atoms with van der Waals surface area (Å²) in [5, 5.41) is 3.55. The first-order chi connectivity index (χ1) is 9.20. The third-order valence-corrected chi connectivity index (χ3v) is 3.75. The van der Waals surface area contributed by atoms with E-state index in [4.69, 9.17) is 9.15 Å². The number of hydrogen-bond acceptors (Lipinski definition) is 4. The van der Waals surface area contributed by atoms with Gasteiger partial charge in [0.05, 0.1) is 24.8 Å². The van der Waals surface area contributed by atoms with Gasteiger partial charge in [0.25, 0.3) is 0 Å². The van der Waals surface area contributed by atoms with E-state index in [1.165, 1.54) is 0 Å².